The van der Waals surface area contributed by atoms with E-state index in [0.717, 1.165) is 13.0 Å². The molecule has 0 radical (unpaired) electrons. The predicted molar refractivity (Wildman–Crippen MR) is 33.1 cm³/mol. The van der Waals surface area contributed by atoms with Crippen molar-refractivity contribution in [2.45, 2.75) is 6.42 Å². The zero-order valence-corrected chi connectivity index (χ0v) is 5.30. The van der Waals surface area contributed by atoms with Gasteiger partial charge in [0.1, 0.15) is 13.6 Å². The van der Waals surface area contributed by atoms with E-state index in [1.54, 1.807) is 7.05 Å². The van der Waals surface area contributed by atoms with Crippen LogP contribution in [0.2, 0.25) is 0 Å². The Bertz CT molecular complexity index is 55.5. The lowest BCUT2D eigenvalue weighted by molar-refractivity contribution is -0.933. The maximum atomic E-state index is 5.38. The molecule has 0 spiro atoms. The van der Waals surface area contributed by atoms with E-state index >= 15 is 0 Å². The quantitative estimate of drug-likeness (QED) is 0.241. The highest BCUT2D eigenvalue weighted by atomic mass is 15.7. The summed E-state index contributed by atoms with van der Waals surface area (Å²) in [6, 6.07) is 0. The lowest BCUT2D eigenvalue weighted by Crippen LogP contribution is -2.57. The molecule has 0 amide bonds. The van der Waals surface area contributed by atoms with Gasteiger partial charge in [0.25, 0.3) is 0 Å². The summed E-state index contributed by atoms with van der Waals surface area (Å²) in [5.41, 5.74) is 5.21. The predicted octanol–water partition coefficient (Wildman–Crippen LogP) is -1.47. The van der Waals surface area contributed by atoms with E-state index in [4.69, 9.17) is 17.4 Å². The minimum Gasteiger partial charge on any atom is -0.330 e. The minimum absolute atomic E-state index is 0.0250. The van der Waals surface area contributed by atoms with E-state index in [2.05, 4.69) is 0 Å². The molecule has 0 aromatic rings. The van der Waals surface area contributed by atoms with Gasteiger partial charge in [0, 0.05) is 6.42 Å². The van der Waals surface area contributed by atoms with E-state index in [9.17, 15) is 0 Å². The number of nitrogens with two attached hydrogens (primary N) is 3. The maximum absolute atomic E-state index is 5.38. The van der Waals surface area contributed by atoms with Crippen LogP contribution < -0.4 is 17.4 Å². The highest BCUT2D eigenvalue weighted by molar-refractivity contribution is 4.31. The topological polar surface area (TPSA) is 78.1 Å². The second kappa shape index (κ2) is 2.99. The summed E-state index contributed by atoms with van der Waals surface area (Å²) in [6.07, 6.45) is 0.878. The van der Waals surface area contributed by atoms with Gasteiger partial charge in [0.2, 0.25) is 0 Å². The summed E-state index contributed by atoms with van der Waals surface area (Å²) < 4.78 is 0.0250. The van der Waals surface area contributed by atoms with Crippen molar-refractivity contribution < 1.29 is 4.70 Å². The third-order valence-electron chi connectivity index (χ3n) is 0.844. The third-order valence-corrected chi connectivity index (χ3v) is 0.844. The fraction of sp³-hybridized carbons (Fsp3) is 1.00. The number of quaternary nitrogens is 1. The average Bonchev–Trinajstić information content (AvgIpc) is 1.59. The molecule has 4 heteroatoms. The molecule has 0 aromatic heterocycles. The van der Waals surface area contributed by atoms with Gasteiger partial charge in [-0.2, -0.15) is 16.4 Å². The number of rotatable bonds is 3. The Kier molecular flexibility index (Phi) is 2.93. The molecule has 6 N–H and O–H groups in total. The first kappa shape index (κ1) is 7.84. The van der Waals surface area contributed by atoms with Gasteiger partial charge in [-0.05, 0) is 6.54 Å². The summed E-state index contributed by atoms with van der Waals surface area (Å²) in [7, 11) is 1.73. The molecule has 50 valence electrons. The Labute approximate surface area is 49.8 Å². The molecule has 0 aliphatic carbocycles. The first-order valence-corrected chi connectivity index (χ1v) is 2.69. The molecule has 0 unspecified atom stereocenters. The van der Waals surface area contributed by atoms with Gasteiger partial charge in [-0.1, -0.05) is 0 Å². The molecule has 0 atom stereocenters. The molecule has 0 saturated carbocycles. The summed E-state index contributed by atoms with van der Waals surface area (Å²) in [5, 5.41) is 0. The molecule has 0 aliphatic heterocycles. The average molecular weight is 119 g/mol. The Morgan fingerprint density at radius 3 is 2.00 bits per heavy atom. The van der Waals surface area contributed by atoms with Crippen molar-refractivity contribution in [3.05, 3.63) is 0 Å². The molecule has 0 heterocycles. The van der Waals surface area contributed by atoms with Crippen LogP contribution in [0.4, 0.5) is 0 Å². The number of nitrogens with zero attached hydrogens (tertiary/aromatic N) is 1. The Balaban J connectivity index is 3.11. The summed E-state index contributed by atoms with van der Waals surface area (Å²) >= 11 is 0. The molecule has 0 aliphatic rings. The third kappa shape index (κ3) is 5.84. The van der Waals surface area contributed by atoms with E-state index in [1.165, 1.54) is 0 Å². The van der Waals surface area contributed by atoms with E-state index in [0.29, 0.717) is 6.54 Å². The van der Waals surface area contributed by atoms with Crippen LogP contribution in [0, 0.1) is 0 Å². The van der Waals surface area contributed by atoms with Crippen LogP contribution in [-0.4, -0.2) is 24.8 Å². The van der Waals surface area contributed by atoms with Crippen LogP contribution in [0.3, 0.4) is 0 Å². The van der Waals surface area contributed by atoms with Crippen molar-refractivity contribution in [1.82, 2.24) is 0 Å². The standard InChI is InChI=1S/C4H15N4/c1-8(6,7)4-2-3-5/h2-7H2,1H3/q+1. The maximum Gasteiger partial charge on any atom is 0.115 e. The lowest BCUT2D eigenvalue weighted by atomic mass is 10.4. The van der Waals surface area contributed by atoms with Gasteiger partial charge < -0.3 is 5.73 Å². The fourth-order valence-corrected chi connectivity index (χ4v) is 0.432. The van der Waals surface area contributed by atoms with E-state index < -0.39 is 0 Å². The molecule has 8 heavy (non-hydrogen) atoms. The van der Waals surface area contributed by atoms with E-state index in [1.807, 2.05) is 0 Å². The minimum atomic E-state index is 0.0250. The van der Waals surface area contributed by atoms with Gasteiger partial charge in [0.15, 0.2) is 0 Å². The molecule has 4 nitrogen and oxygen atoms in total. The van der Waals surface area contributed by atoms with Crippen molar-refractivity contribution in [2.75, 3.05) is 20.1 Å². The monoisotopic (exact) mass is 119 g/mol. The van der Waals surface area contributed by atoms with Crippen LogP contribution >= 0.6 is 0 Å². The van der Waals surface area contributed by atoms with Crippen LogP contribution in [0.1, 0.15) is 6.42 Å². The number of hydrogen-bond acceptors (Lipinski definition) is 3. The summed E-state index contributed by atoms with van der Waals surface area (Å²) in [6.45, 7) is 1.39. The van der Waals surface area contributed by atoms with Crippen LogP contribution in [0.5, 0.6) is 0 Å². The Hall–Kier alpha value is -0.160. The molecule has 0 saturated heterocycles. The van der Waals surface area contributed by atoms with Crippen LogP contribution in [-0.2, 0) is 0 Å². The van der Waals surface area contributed by atoms with Crippen molar-refractivity contribution >= 4 is 0 Å². The second-order valence-corrected chi connectivity index (χ2v) is 2.21. The fourth-order valence-electron chi connectivity index (χ4n) is 0.432. The van der Waals surface area contributed by atoms with Crippen LogP contribution in [0.15, 0.2) is 0 Å². The Morgan fingerprint density at radius 2 is 1.88 bits per heavy atom. The highest BCUT2D eigenvalue weighted by Gasteiger charge is 2.05. The smallest absolute Gasteiger partial charge is 0.115 e. The molecular formula is C4H15N4+. The van der Waals surface area contributed by atoms with E-state index in [-0.39, 0.29) is 4.70 Å². The highest BCUT2D eigenvalue weighted by Crippen LogP contribution is 1.81. The van der Waals surface area contributed by atoms with Gasteiger partial charge in [-0.15, -0.1) is 0 Å². The SMILES string of the molecule is C[N+](N)(N)CCCN. The van der Waals surface area contributed by atoms with Gasteiger partial charge >= 0.3 is 0 Å². The van der Waals surface area contributed by atoms with Gasteiger partial charge in [0.05, 0.1) is 0 Å². The first-order chi connectivity index (χ1) is 3.56. The zero-order chi connectivity index (χ0) is 6.62. The van der Waals surface area contributed by atoms with Crippen molar-refractivity contribution in [2.24, 2.45) is 17.4 Å². The normalized spacial score (nSPS) is 12.0. The van der Waals surface area contributed by atoms with Gasteiger partial charge in [-0.3, -0.25) is 0 Å². The lowest BCUT2D eigenvalue weighted by Gasteiger charge is -2.19. The molecule has 0 bridgehead atoms. The van der Waals surface area contributed by atoms with Crippen molar-refractivity contribution in [3.8, 4) is 0 Å². The molecule has 0 rings (SSSR count). The Morgan fingerprint density at radius 1 is 1.38 bits per heavy atom. The molecule has 0 aromatic carbocycles. The largest absolute Gasteiger partial charge is 0.330 e. The van der Waals surface area contributed by atoms with Crippen molar-refractivity contribution in [3.63, 3.8) is 0 Å². The van der Waals surface area contributed by atoms with Gasteiger partial charge in [-0.25, -0.2) is 0 Å². The number of hydrogen-bond donors (Lipinski definition) is 3. The second-order valence-electron chi connectivity index (χ2n) is 2.21. The summed E-state index contributed by atoms with van der Waals surface area (Å²) in [5.74, 6) is 10.8. The van der Waals surface area contributed by atoms with Crippen LogP contribution in [0.25, 0.3) is 0 Å². The zero-order valence-electron chi connectivity index (χ0n) is 5.30. The molecular weight excluding hydrogens is 104 g/mol. The summed E-state index contributed by atoms with van der Waals surface area (Å²) in [4.78, 5) is 0. The molecule has 0 fully saturated rings. The van der Waals surface area contributed by atoms with Crippen molar-refractivity contribution in [1.29, 1.82) is 0 Å². The first-order valence-electron chi connectivity index (χ1n) is 2.69.